The molecule has 0 saturated heterocycles. The molecule has 0 saturated carbocycles. The molecule has 0 bridgehead atoms. The first-order valence-corrected chi connectivity index (χ1v) is 7.84. The van der Waals surface area contributed by atoms with Crippen LogP contribution in [-0.2, 0) is 11.3 Å². The first-order chi connectivity index (χ1) is 11.2. The second kappa shape index (κ2) is 7.00. The maximum absolute atomic E-state index is 12.4. The fourth-order valence-electron chi connectivity index (χ4n) is 2.47. The molecule has 24 heavy (non-hydrogen) atoms. The number of nitro groups is 1. The van der Waals surface area contributed by atoms with Crippen molar-refractivity contribution in [2.24, 2.45) is 5.92 Å². The van der Waals surface area contributed by atoms with Crippen molar-refractivity contribution in [3.63, 3.8) is 0 Å². The van der Waals surface area contributed by atoms with Gasteiger partial charge in [0.15, 0.2) is 0 Å². The van der Waals surface area contributed by atoms with Gasteiger partial charge in [-0.15, -0.1) is 0 Å². The molecule has 2 rings (SSSR count). The smallest absolute Gasteiger partial charge is 0.312 e. The minimum Gasteiger partial charge on any atom is -0.326 e. The predicted molar refractivity (Wildman–Crippen MR) is 92.3 cm³/mol. The Labute approximate surface area is 144 Å². The Balaban J connectivity index is 2.14. The van der Waals surface area contributed by atoms with Crippen LogP contribution in [0.5, 0.6) is 0 Å². The molecule has 128 valence electrons. The van der Waals surface area contributed by atoms with Gasteiger partial charge in [0.05, 0.1) is 17.4 Å². The number of halogens is 1. The van der Waals surface area contributed by atoms with E-state index in [0.29, 0.717) is 22.1 Å². The number of anilines is 1. The Kier molecular flexibility index (Phi) is 5.23. The van der Waals surface area contributed by atoms with Gasteiger partial charge in [0.25, 0.3) is 0 Å². The van der Waals surface area contributed by atoms with E-state index in [0.717, 1.165) is 5.56 Å². The van der Waals surface area contributed by atoms with E-state index in [9.17, 15) is 14.9 Å². The molecule has 1 aromatic carbocycles. The number of benzene rings is 1. The number of carbonyl (C=O) groups excluding carboxylic acids is 1. The van der Waals surface area contributed by atoms with Gasteiger partial charge in [0, 0.05) is 10.7 Å². The zero-order valence-corrected chi connectivity index (χ0v) is 14.7. The van der Waals surface area contributed by atoms with Gasteiger partial charge in [-0.3, -0.25) is 19.6 Å². The largest absolute Gasteiger partial charge is 0.326 e. The van der Waals surface area contributed by atoms with Crippen LogP contribution in [0.4, 0.5) is 11.4 Å². The van der Waals surface area contributed by atoms with Gasteiger partial charge >= 0.3 is 5.69 Å². The van der Waals surface area contributed by atoms with E-state index >= 15 is 0 Å². The molecular weight excluding hydrogens is 332 g/mol. The lowest BCUT2D eigenvalue weighted by Gasteiger charge is -2.15. The second-order valence-electron chi connectivity index (χ2n) is 5.76. The molecule has 0 aliphatic heterocycles. The van der Waals surface area contributed by atoms with Crippen LogP contribution in [0.1, 0.15) is 23.9 Å². The molecule has 7 nitrogen and oxygen atoms in total. The number of aromatic nitrogens is 2. The minimum absolute atomic E-state index is 0.00621. The van der Waals surface area contributed by atoms with E-state index in [1.165, 1.54) is 4.68 Å². The third-order valence-corrected chi connectivity index (χ3v) is 4.36. The molecule has 2 aromatic rings. The lowest BCUT2D eigenvalue weighted by Crippen LogP contribution is -2.25. The highest BCUT2D eigenvalue weighted by molar-refractivity contribution is 6.31. The Morgan fingerprint density at radius 2 is 2.08 bits per heavy atom. The highest BCUT2D eigenvalue weighted by Gasteiger charge is 2.24. The SMILES string of the molecule is Cc1nn(CC(C)C(=O)Nc2cccc(Cl)c2C)c(C)c1[N+](=O)[O-]. The van der Waals surface area contributed by atoms with Crippen LogP contribution in [0, 0.1) is 36.8 Å². The zero-order valence-electron chi connectivity index (χ0n) is 14.0. The van der Waals surface area contributed by atoms with Crippen molar-refractivity contribution in [3.05, 3.63) is 50.3 Å². The summed E-state index contributed by atoms with van der Waals surface area (Å²) in [6.07, 6.45) is 0. The Morgan fingerprint density at radius 3 is 2.67 bits per heavy atom. The third-order valence-electron chi connectivity index (χ3n) is 3.95. The summed E-state index contributed by atoms with van der Waals surface area (Å²) < 4.78 is 1.50. The molecule has 1 aromatic heterocycles. The van der Waals surface area contributed by atoms with Gasteiger partial charge in [-0.2, -0.15) is 5.10 Å². The molecule has 1 unspecified atom stereocenters. The lowest BCUT2D eigenvalue weighted by molar-refractivity contribution is -0.386. The molecule has 1 N–H and O–H groups in total. The summed E-state index contributed by atoms with van der Waals surface area (Å²) in [6, 6.07) is 5.30. The van der Waals surface area contributed by atoms with Crippen molar-refractivity contribution in [1.82, 2.24) is 9.78 Å². The Hall–Kier alpha value is -2.41. The number of carbonyl (C=O) groups is 1. The fraction of sp³-hybridized carbons (Fsp3) is 0.375. The normalized spacial score (nSPS) is 12.0. The van der Waals surface area contributed by atoms with Crippen LogP contribution in [0.25, 0.3) is 0 Å². The fourth-order valence-corrected chi connectivity index (χ4v) is 2.65. The van der Waals surface area contributed by atoms with Gasteiger partial charge in [-0.25, -0.2) is 0 Å². The van der Waals surface area contributed by atoms with Crippen molar-refractivity contribution in [2.45, 2.75) is 34.2 Å². The molecule has 8 heteroatoms. The van der Waals surface area contributed by atoms with Gasteiger partial charge in [0.2, 0.25) is 5.91 Å². The summed E-state index contributed by atoms with van der Waals surface area (Å²) in [5, 5.41) is 18.6. The highest BCUT2D eigenvalue weighted by Crippen LogP contribution is 2.25. The Bertz CT molecular complexity index is 801. The van der Waals surface area contributed by atoms with Gasteiger partial charge in [-0.05, 0) is 38.5 Å². The zero-order chi connectivity index (χ0) is 18.0. The molecular formula is C16H19ClN4O3. The summed E-state index contributed by atoms with van der Waals surface area (Å²) in [7, 11) is 0. The van der Waals surface area contributed by atoms with E-state index in [-0.39, 0.29) is 18.1 Å². The number of nitrogens with one attached hydrogen (secondary N) is 1. The summed E-state index contributed by atoms with van der Waals surface area (Å²) in [6.45, 7) is 7.04. The molecule has 0 aliphatic carbocycles. The topological polar surface area (TPSA) is 90.1 Å². The number of hydrogen-bond donors (Lipinski definition) is 1. The minimum atomic E-state index is -0.450. The first kappa shape index (κ1) is 17.9. The van der Waals surface area contributed by atoms with Crippen LogP contribution in [0.3, 0.4) is 0 Å². The lowest BCUT2D eigenvalue weighted by atomic mass is 10.1. The van der Waals surface area contributed by atoms with E-state index in [1.807, 2.05) is 6.92 Å². The first-order valence-electron chi connectivity index (χ1n) is 7.46. The highest BCUT2D eigenvalue weighted by atomic mass is 35.5. The van der Waals surface area contributed by atoms with Gasteiger partial charge in [0.1, 0.15) is 11.4 Å². The maximum atomic E-state index is 12.4. The quantitative estimate of drug-likeness (QED) is 0.658. The van der Waals surface area contributed by atoms with Crippen molar-refractivity contribution < 1.29 is 9.72 Å². The van der Waals surface area contributed by atoms with Crippen LogP contribution >= 0.6 is 11.6 Å². The van der Waals surface area contributed by atoms with Crippen molar-refractivity contribution in [2.75, 3.05) is 5.32 Å². The standard InChI is InChI=1S/C16H19ClN4O3/c1-9(8-20-12(4)15(21(23)24)11(3)19-20)16(22)18-14-7-5-6-13(17)10(14)2/h5-7,9H,8H2,1-4H3,(H,18,22). The van der Waals surface area contributed by atoms with Crippen LogP contribution in [0.2, 0.25) is 5.02 Å². The van der Waals surface area contributed by atoms with Crippen LogP contribution in [-0.4, -0.2) is 20.6 Å². The van der Waals surface area contributed by atoms with E-state index in [1.54, 1.807) is 39.0 Å². The summed E-state index contributed by atoms with van der Waals surface area (Å²) in [4.78, 5) is 23.0. The van der Waals surface area contributed by atoms with Crippen LogP contribution < -0.4 is 5.32 Å². The molecule has 0 radical (unpaired) electrons. The van der Waals surface area contributed by atoms with Crippen molar-refractivity contribution in [1.29, 1.82) is 0 Å². The van der Waals surface area contributed by atoms with Crippen molar-refractivity contribution in [3.8, 4) is 0 Å². The monoisotopic (exact) mass is 350 g/mol. The number of amides is 1. The van der Waals surface area contributed by atoms with E-state index in [4.69, 9.17) is 11.6 Å². The number of hydrogen-bond acceptors (Lipinski definition) is 4. The third kappa shape index (κ3) is 3.56. The van der Waals surface area contributed by atoms with E-state index < -0.39 is 10.8 Å². The molecule has 0 aliphatic rings. The molecule has 1 amide bonds. The van der Waals surface area contributed by atoms with Gasteiger partial charge < -0.3 is 5.32 Å². The number of rotatable bonds is 5. The average Bonchev–Trinajstić information content (AvgIpc) is 2.78. The average molecular weight is 351 g/mol. The number of aryl methyl sites for hydroxylation is 1. The molecule has 1 atom stereocenters. The van der Waals surface area contributed by atoms with Crippen molar-refractivity contribution >= 4 is 28.9 Å². The van der Waals surface area contributed by atoms with Gasteiger partial charge in [-0.1, -0.05) is 24.6 Å². The summed E-state index contributed by atoms with van der Waals surface area (Å²) >= 11 is 6.05. The van der Waals surface area contributed by atoms with Crippen LogP contribution in [0.15, 0.2) is 18.2 Å². The Morgan fingerprint density at radius 1 is 1.42 bits per heavy atom. The second-order valence-corrected chi connectivity index (χ2v) is 6.17. The molecule has 1 heterocycles. The van der Waals surface area contributed by atoms with E-state index in [2.05, 4.69) is 10.4 Å². The maximum Gasteiger partial charge on any atom is 0.312 e. The summed E-state index contributed by atoms with van der Waals surface area (Å²) in [5.74, 6) is -0.614. The summed E-state index contributed by atoms with van der Waals surface area (Å²) in [5.41, 5.74) is 2.22. The molecule has 0 spiro atoms. The molecule has 0 fully saturated rings. The number of nitrogens with zero attached hydrogens (tertiary/aromatic N) is 3. The predicted octanol–water partition coefficient (Wildman–Crippen LogP) is 3.64.